The maximum atomic E-state index is 12.0. The molecule has 1 aromatic carbocycles. The molecule has 0 aliphatic carbocycles. The standard InChI is InChI=1S/C11H15NO5S/c1-15-10-4-3-9(5-11(10)16-2)18(13,14)12-6-8-7-17-8/h3-5,8,12H,6-7H2,1-2H3. The monoisotopic (exact) mass is 273 g/mol. The first-order chi connectivity index (χ1) is 8.56. The van der Waals surface area contributed by atoms with Gasteiger partial charge in [0.1, 0.15) is 0 Å². The SMILES string of the molecule is COc1ccc(S(=O)(=O)NCC2CO2)cc1OC. The van der Waals surface area contributed by atoms with Gasteiger partial charge in [0.25, 0.3) is 0 Å². The third kappa shape index (κ3) is 2.92. The molecule has 0 saturated carbocycles. The molecule has 18 heavy (non-hydrogen) atoms. The first-order valence-electron chi connectivity index (χ1n) is 5.40. The molecule has 100 valence electrons. The average molecular weight is 273 g/mol. The fourth-order valence-electron chi connectivity index (χ4n) is 1.46. The van der Waals surface area contributed by atoms with Gasteiger partial charge < -0.3 is 14.2 Å². The Morgan fingerprint density at radius 3 is 2.56 bits per heavy atom. The quantitative estimate of drug-likeness (QED) is 0.758. The Morgan fingerprint density at radius 1 is 1.33 bits per heavy atom. The van der Waals surface area contributed by atoms with Crippen molar-refractivity contribution >= 4 is 10.0 Å². The number of ether oxygens (including phenoxy) is 3. The molecule has 0 aromatic heterocycles. The van der Waals surface area contributed by atoms with Gasteiger partial charge in [0, 0.05) is 12.6 Å². The van der Waals surface area contributed by atoms with Gasteiger partial charge in [-0.3, -0.25) is 0 Å². The van der Waals surface area contributed by atoms with Crippen LogP contribution in [0.25, 0.3) is 0 Å². The van der Waals surface area contributed by atoms with Gasteiger partial charge in [-0.05, 0) is 12.1 Å². The van der Waals surface area contributed by atoms with Crippen LogP contribution < -0.4 is 14.2 Å². The number of methoxy groups -OCH3 is 2. The van der Waals surface area contributed by atoms with E-state index >= 15 is 0 Å². The van der Waals surface area contributed by atoms with E-state index in [-0.39, 0.29) is 17.5 Å². The number of rotatable bonds is 6. The van der Waals surface area contributed by atoms with Crippen molar-refractivity contribution < 1.29 is 22.6 Å². The van der Waals surface area contributed by atoms with Gasteiger partial charge in [0.05, 0.1) is 31.8 Å². The molecule has 0 bridgehead atoms. The van der Waals surface area contributed by atoms with E-state index in [0.29, 0.717) is 18.1 Å². The van der Waals surface area contributed by atoms with Crippen LogP contribution in [0.1, 0.15) is 0 Å². The Balaban J connectivity index is 2.20. The predicted molar refractivity (Wildman–Crippen MR) is 64.5 cm³/mol. The molecule has 1 aliphatic heterocycles. The Kier molecular flexibility index (Phi) is 3.74. The zero-order chi connectivity index (χ0) is 13.2. The zero-order valence-corrected chi connectivity index (χ0v) is 11.0. The molecular formula is C11H15NO5S. The minimum absolute atomic E-state index is 0.0000751. The summed E-state index contributed by atoms with van der Waals surface area (Å²) in [4.78, 5) is 0.140. The molecule has 0 amide bonds. The Labute approximate surface area is 106 Å². The summed E-state index contributed by atoms with van der Waals surface area (Å²) >= 11 is 0. The molecule has 1 unspecified atom stereocenters. The second-order valence-corrected chi connectivity index (χ2v) is 5.59. The van der Waals surface area contributed by atoms with E-state index in [4.69, 9.17) is 14.2 Å². The normalized spacial score (nSPS) is 18.4. The summed E-state index contributed by atoms with van der Waals surface area (Å²) in [6.07, 6.45) is -0.0000751. The van der Waals surface area contributed by atoms with Crippen LogP contribution in [0.2, 0.25) is 0 Å². The maximum absolute atomic E-state index is 12.0. The molecule has 1 aromatic rings. The van der Waals surface area contributed by atoms with Gasteiger partial charge in [0.2, 0.25) is 10.0 Å². The van der Waals surface area contributed by atoms with Crippen molar-refractivity contribution in [3.05, 3.63) is 18.2 Å². The minimum atomic E-state index is -3.54. The van der Waals surface area contributed by atoms with Gasteiger partial charge in [-0.15, -0.1) is 0 Å². The van der Waals surface area contributed by atoms with Gasteiger partial charge in [-0.25, -0.2) is 13.1 Å². The van der Waals surface area contributed by atoms with E-state index in [9.17, 15) is 8.42 Å². The molecule has 0 radical (unpaired) electrons. The van der Waals surface area contributed by atoms with E-state index in [1.807, 2.05) is 0 Å². The Morgan fingerprint density at radius 2 is 2.00 bits per heavy atom. The van der Waals surface area contributed by atoms with Gasteiger partial charge in [-0.2, -0.15) is 0 Å². The maximum Gasteiger partial charge on any atom is 0.240 e. The van der Waals surface area contributed by atoms with Crippen LogP contribution in [-0.4, -0.2) is 41.9 Å². The van der Waals surface area contributed by atoms with Crippen molar-refractivity contribution in [3.63, 3.8) is 0 Å². The van der Waals surface area contributed by atoms with Crippen LogP contribution in [0.3, 0.4) is 0 Å². The number of benzene rings is 1. The van der Waals surface area contributed by atoms with Crippen LogP contribution in [0.15, 0.2) is 23.1 Å². The lowest BCUT2D eigenvalue weighted by atomic mass is 10.3. The molecule has 1 fully saturated rings. The fraction of sp³-hybridized carbons (Fsp3) is 0.455. The first kappa shape index (κ1) is 13.1. The van der Waals surface area contributed by atoms with Crippen LogP contribution in [0.5, 0.6) is 11.5 Å². The summed E-state index contributed by atoms with van der Waals surface area (Å²) in [5.41, 5.74) is 0. The average Bonchev–Trinajstić information content (AvgIpc) is 3.19. The smallest absolute Gasteiger partial charge is 0.240 e. The summed E-state index contributed by atoms with van der Waals surface area (Å²) in [6, 6.07) is 4.45. The largest absolute Gasteiger partial charge is 0.493 e. The zero-order valence-electron chi connectivity index (χ0n) is 10.2. The van der Waals surface area contributed by atoms with Gasteiger partial charge in [0.15, 0.2) is 11.5 Å². The molecule has 0 spiro atoms. The lowest BCUT2D eigenvalue weighted by Crippen LogP contribution is -2.27. The van der Waals surface area contributed by atoms with Crippen molar-refractivity contribution in [1.29, 1.82) is 0 Å². The molecule has 7 heteroatoms. The fourth-order valence-corrected chi connectivity index (χ4v) is 2.54. The van der Waals surface area contributed by atoms with Crippen LogP contribution in [0.4, 0.5) is 0 Å². The lowest BCUT2D eigenvalue weighted by molar-refractivity contribution is 0.354. The highest BCUT2D eigenvalue weighted by molar-refractivity contribution is 7.89. The number of epoxide rings is 1. The Bertz CT molecular complexity index is 524. The van der Waals surface area contributed by atoms with Crippen molar-refractivity contribution in [2.24, 2.45) is 0 Å². The number of hydrogen-bond acceptors (Lipinski definition) is 5. The van der Waals surface area contributed by atoms with E-state index in [1.165, 1.54) is 26.4 Å². The van der Waals surface area contributed by atoms with Crippen LogP contribution >= 0.6 is 0 Å². The van der Waals surface area contributed by atoms with E-state index in [2.05, 4.69) is 4.72 Å². The predicted octanol–water partition coefficient (Wildman–Crippen LogP) is 0.381. The molecular weight excluding hydrogens is 258 g/mol. The third-order valence-corrected chi connectivity index (χ3v) is 3.99. The van der Waals surface area contributed by atoms with E-state index < -0.39 is 10.0 Å². The number of hydrogen-bond donors (Lipinski definition) is 1. The van der Waals surface area contributed by atoms with Crippen LogP contribution in [-0.2, 0) is 14.8 Å². The molecule has 1 heterocycles. The van der Waals surface area contributed by atoms with Crippen molar-refractivity contribution in [2.45, 2.75) is 11.0 Å². The molecule has 1 N–H and O–H groups in total. The molecule has 1 saturated heterocycles. The lowest BCUT2D eigenvalue weighted by Gasteiger charge is -2.10. The highest BCUT2D eigenvalue weighted by atomic mass is 32.2. The van der Waals surface area contributed by atoms with Crippen LogP contribution in [0, 0.1) is 0 Å². The third-order valence-electron chi connectivity index (χ3n) is 2.57. The van der Waals surface area contributed by atoms with Crippen molar-refractivity contribution in [2.75, 3.05) is 27.4 Å². The number of sulfonamides is 1. The molecule has 2 rings (SSSR count). The molecule has 6 nitrogen and oxygen atoms in total. The highest BCUT2D eigenvalue weighted by Gasteiger charge is 2.25. The van der Waals surface area contributed by atoms with Gasteiger partial charge >= 0.3 is 0 Å². The molecule has 1 atom stereocenters. The summed E-state index contributed by atoms with van der Waals surface area (Å²) < 4.78 is 41.5. The van der Waals surface area contributed by atoms with Crippen molar-refractivity contribution in [3.8, 4) is 11.5 Å². The summed E-state index contributed by atoms with van der Waals surface area (Å²) in [5.74, 6) is 0.866. The van der Waals surface area contributed by atoms with E-state index in [1.54, 1.807) is 6.07 Å². The van der Waals surface area contributed by atoms with Gasteiger partial charge in [-0.1, -0.05) is 0 Å². The topological polar surface area (TPSA) is 77.2 Å². The summed E-state index contributed by atoms with van der Waals surface area (Å²) in [7, 11) is -0.586. The van der Waals surface area contributed by atoms with Crippen molar-refractivity contribution in [1.82, 2.24) is 4.72 Å². The number of nitrogens with one attached hydrogen (secondary N) is 1. The Hall–Kier alpha value is -1.31. The summed E-state index contributed by atoms with van der Waals surface area (Å²) in [5, 5.41) is 0. The van der Waals surface area contributed by atoms with E-state index in [0.717, 1.165) is 0 Å². The first-order valence-corrected chi connectivity index (χ1v) is 6.88. The second-order valence-electron chi connectivity index (χ2n) is 3.82. The highest BCUT2D eigenvalue weighted by Crippen LogP contribution is 2.29. The second kappa shape index (κ2) is 5.13. The molecule has 1 aliphatic rings. The minimum Gasteiger partial charge on any atom is -0.493 e. The summed E-state index contributed by atoms with van der Waals surface area (Å²) in [6.45, 7) is 0.894.